The highest BCUT2D eigenvalue weighted by molar-refractivity contribution is 5.85. The van der Waals surface area contributed by atoms with Gasteiger partial charge in [-0.05, 0) is 20.8 Å². The van der Waals surface area contributed by atoms with Crippen molar-refractivity contribution < 1.29 is 0 Å². The lowest BCUT2D eigenvalue weighted by molar-refractivity contribution is 0.135. The summed E-state index contributed by atoms with van der Waals surface area (Å²) in [4.78, 5) is 2.54. The Labute approximate surface area is 87.9 Å². The largest absolute Gasteiger partial charge is 0.314 e. The molecule has 1 aliphatic heterocycles. The third-order valence-corrected chi connectivity index (χ3v) is 2.22. The van der Waals surface area contributed by atoms with Gasteiger partial charge in [0, 0.05) is 31.7 Å². The maximum absolute atomic E-state index is 3.38. The first-order chi connectivity index (χ1) is 4.72. The number of hydrogen-bond acceptors (Lipinski definition) is 2. The highest BCUT2D eigenvalue weighted by atomic mass is 35.5. The molecule has 0 amide bonds. The average Bonchev–Trinajstić information content (AvgIpc) is 1.88. The van der Waals surface area contributed by atoms with Crippen molar-refractivity contribution in [3.8, 4) is 0 Å². The molecule has 0 bridgehead atoms. The minimum Gasteiger partial charge on any atom is -0.314 e. The van der Waals surface area contributed by atoms with Gasteiger partial charge in [-0.3, -0.25) is 4.90 Å². The van der Waals surface area contributed by atoms with Crippen molar-refractivity contribution in [2.45, 2.75) is 32.9 Å². The molecule has 0 spiro atoms. The monoisotopic (exact) mass is 214 g/mol. The van der Waals surface area contributed by atoms with Gasteiger partial charge in [0.15, 0.2) is 0 Å². The molecular weight excluding hydrogens is 195 g/mol. The molecular formula is C8H20Cl2N2. The first-order valence-electron chi connectivity index (χ1n) is 4.18. The van der Waals surface area contributed by atoms with Gasteiger partial charge in [0.05, 0.1) is 0 Å². The zero-order chi connectivity index (χ0) is 7.56. The fraction of sp³-hybridized carbons (Fsp3) is 1.00. The molecule has 76 valence electrons. The molecule has 4 heteroatoms. The van der Waals surface area contributed by atoms with E-state index in [9.17, 15) is 0 Å². The van der Waals surface area contributed by atoms with Crippen LogP contribution in [0.4, 0.5) is 0 Å². The van der Waals surface area contributed by atoms with Crippen LogP contribution in [0.25, 0.3) is 0 Å². The fourth-order valence-corrected chi connectivity index (χ4v) is 1.62. The number of halogens is 2. The van der Waals surface area contributed by atoms with Crippen molar-refractivity contribution in [3.63, 3.8) is 0 Å². The molecule has 1 rings (SSSR count). The smallest absolute Gasteiger partial charge is 0.0195 e. The van der Waals surface area contributed by atoms with Crippen LogP contribution in [-0.4, -0.2) is 36.6 Å². The summed E-state index contributed by atoms with van der Waals surface area (Å²) in [5.74, 6) is 0. The van der Waals surface area contributed by atoms with E-state index in [0.29, 0.717) is 12.1 Å². The van der Waals surface area contributed by atoms with E-state index in [2.05, 4.69) is 31.0 Å². The minimum absolute atomic E-state index is 0. The summed E-state index contributed by atoms with van der Waals surface area (Å²) in [7, 11) is 0. The van der Waals surface area contributed by atoms with E-state index in [4.69, 9.17) is 0 Å². The van der Waals surface area contributed by atoms with Crippen molar-refractivity contribution in [1.29, 1.82) is 0 Å². The Morgan fingerprint density at radius 2 is 1.92 bits per heavy atom. The summed E-state index contributed by atoms with van der Waals surface area (Å²) < 4.78 is 0. The summed E-state index contributed by atoms with van der Waals surface area (Å²) in [5, 5.41) is 3.38. The van der Waals surface area contributed by atoms with Crippen molar-refractivity contribution in [2.75, 3.05) is 19.6 Å². The number of piperazine rings is 1. The van der Waals surface area contributed by atoms with Crippen LogP contribution in [0.15, 0.2) is 0 Å². The molecule has 0 aromatic carbocycles. The molecule has 0 saturated carbocycles. The van der Waals surface area contributed by atoms with E-state index in [-0.39, 0.29) is 24.8 Å². The number of rotatable bonds is 1. The Balaban J connectivity index is 0. The van der Waals surface area contributed by atoms with E-state index in [0.717, 1.165) is 13.1 Å². The Bertz CT molecular complexity index is 109. The lowest BCUT2D eigenvalue weighted by Crippen LogP contribution is -2.52. The van der Waals surface area contributed by atoms with Crippen LogP contribution in [0, 0.1) is 0 Å². The third-order valence-electron chi connectivity index (χ3n) is 2.22. The van der Waals surface area contributed by atoms with Crippen LogP contribution < -0.4 is 5.32 Å². The van der Waals surface area contributed by atoms with Crippen molar-refractivity contribution in [1.82, 2.24) is 10.2 Å². The van der Waals surface area contributed by atoms with Gasteiger partial charge < -0.3 is 5.32 Å². The summed E-state index contributed by atoms with van der Waals surface area (Å²) >= 11 is 0. The van der Waals surface area contributed by atoms with E-state index < -0.39 is 0 Å². The zero-order valence-corrected chi connectivity index (χ0v) is 9.67. The van der Waals surface area contributed by atoms with Gasteiger partial charge in [0.2, 0.25) is 0 Å². The van der Waals surface area contributed by atoms with Crippen molar-refractivity contribution >= 4 is 24.8 Å². The molecule has 1 aliphatic rings. The number of nitrogens with zero attached hydrogens (tertiary/aromatic N) is 1. The molecule has 0 aromatic heterocycles. The first kappa shape index (κ1) is 15.0. The van der Waals surface area contributed by atoms with Crippen LogP contribution in [0.3, 0.4) is 0 Å². The SMILES string of the molecule is CC(C)N1CCNCC1C.Cl.Cl. The molecule has 1 fully saturated rings. The lowest BCUT2D eigenvalue weighted by atomic mass is 10.2. The van der Waals surface area contributed by atoms with Crippen LogP contribution in [0.2, 0.25) is 0 Å². The van der Waals surface area contributed by atoms with Crippen LogP contribution in [-0.2, 0) is 0 Å². The van der Waals surface area contributed by atoms with Gasteiger partial charge in [-0.1, -0.05) is 0 Å². The summed E-state index contributed by atoms with van der Waals surface area (Å²) in [6, 6.07) is 1.42. The van der Waals surface area contributed by atoms with Crippen LogP contribution in [0.1, 0.15) is 20.8 Å². The second kappa shape index (κ2) is 6.96. The van der Waals surface area contributed by atoms with E-state index >= 15 is 0 Å². The minimum atomic E-state index is 0. The van der Waals surface area contributed by atoms with Gasteiger partial charge in [0.25, 0.3) is 0 Å². The molecule has 0 aliphatic carbocycles. The van der Waals surface area contributed by atoms with Gasteiger partial charge in [-0.2, -0.15) is 0 Å². The average molecular weight is 215 g/mol. The zero-order valence-electron chi connectivity index (χ0n) is 8.04. The summed E-state index contributed by atoms with van der Waals surface area (Å²) in [6.07, 6.45) is 0. The maximum Gasteiger partial charge on any atom is 0.0195 e. The Morgan fingerprint density at radius 3 is 2.25 bits per heavy atom. The Morgan fingerprint density at radius 1 is 1.33 bits per heavy atom. The quantitative estimate of drug-likeness (QED) is 0.713. The van der Waals surface area contributed by atoms with Gasteiger partial charge in [0.1, 0.15) is 0 Å². The predicted octanol–water partition coefficient (Wildman–Crippen LogP) is 1.53. The topological polar surface area (TPSA) is 15.3 Å². The molecule has 1 heterocycles. The number of hydrogen-bond donors (Lipinski definition) is 1. The van der Waals surface area contributed by atoms with Gasteiger partial charge >= 0.3 is 0 Å². The first-order valence-corrected chi connectivity index (χ1v) is 4.18. The molecule has 0 aromatic rings. The molecule has 0 radical (unpaired) electrons. The highest BCUT2D eigenvalue weighted by Crippen LogP contribution is 2.06. The van der Waals surface area contributed by atoms with Crippen molar-refractivity contribution in [2.24, 2.45) is 0 Å². The Kier molecular flexibility index (Phi) is 8.69. The van der Waals surface area contributed by atoms with E-state index in [1.165, 1.54) is 6.54 Å². The van der Waals surface area contributed by atoms with Crippen LogP contribution in [0.5, 0.6) is 0 Å². The maximum atomic E-state index is 3.38. The second-order valence-corrected chi connectivity index (χ2v) is 3.38. The normalized spacial score (nSPS) is 24.5. The highest BCUT2D eigenvalue weighted by Gasteiger charge is 2.19. The molecule has 1 unspecified atom stereocenters. The van der Waals surface area contributed by atoms with Gasteiger partial charge in [-0.25, -0.2) is 0 Å². The predicted molar refractivity (Wildman–Crippen MR) is 58.7 cm³/mol. The molecule has 1 atom stereocenters. The van der Waals surface area contributed by atoms with Crippen molar-refractivity contribution in [3.05, 3.63) is 0 Å². The second-order valence-electron chi connectivity index (χ2n) is 3.38. The Hall–Kier alpha value is 0.500. The summed E-state index contributed by atoms with van der Waals surface area (Å²) in [6.45, 7) is 10.3. The van der Waals surface area contributed by atoms with Gasteiger partial charge in [-0.15, -0.1) is 24.8 Å². The molecule has 1 N–H and O–H groups in total. The molecule has 2 nitrogen and oxygen atoms in total. The fourth-order valence-electron chi connectivity index (χ4n) is 1.62. The molecule has 1 saturated heterocycles. The molecule has 12 heavy (non-hydrogen) atoms. The number of nitrogens with one attached hydrogen (secondary N) is 1. The summed E-state index contributed by atoms with van der Waals surface area (Å²) in [5.41, 5.74) is 0. The van der Waals surface area contributed by atoms with E-state index in [1.807, 2.05) is 0 Å². The van der Waals surface area contributed by atoms with E-state index in [1.54, 1.807) is 0 Å². The standard InChI is InChI=1S/C8H18N2.2ClH/c1-7(2)10-5-4-9-6-8(10)3;;/h7-9H,4-6H2,1-3H3;2*1H. The van der Waals surface area contributed by atoms with Crippen LogP contribution >= 0.6 is 24.8 Å². The lowest BCUT2D eigenvalue weighted by Gasteiger charge is -2.36. The third kappa shape index (κ3) is 3.94.